The summed E-state index contributed by atoms with van der Waals surface area (Å²) < 4.78 is 28.1. The Hall–Kier alpha value is -2.31. The predicted molar refractivity (Wildman–Crippen MR) is 83.3 cm³/mol. The molecule has 0 N–H and O–H groups in total. The highest BCUT2D eigenvalue weighted by Crippen LogP contribution is 2.37. The van der Waals surface area contributed by atoms with Crippen LogP contribution in [-0.2, 0) is 7.05 Å². The van der Waals surface area contributed by atoms with Gasteiger partial charge >= 0.3 is 0 Å². The molecule has 0 spiro atoms. The van der Waals surface area contributed by atoms with Crippen LogP contribution in [0.5, 0.6) is 0 Å². The molecule has 122 valence electrons. The van der Waals surface area contributed by atoms with Crippen LogP contribution in [0.2, 0.25) is 0 Å². The molecular weight excluding hydrogens is 304 g/mol. The van der Waals surface area contributed by atoms with Crippen molar-refractivity contribution >= 4 is 22.8 Å². The monoisotopic (exact) mass is 321 g/mol. The fourth-order valence-corrected chi connectivity index (χ4v) is 3.01. The lowest BCUT2D eigenvalue weighted by molar-refractivity contribution is -0.385. The number of aryl methyl sites for hydroxylation is 1. The normalized spacial score (nSPS) is 18.7. The largest absolute Gasteiger partial charge is 0.335 e. The van der Waals surface area contributed by atoms with E-state index >= 15 is 0 Å². The molecule has 2 heterocycles. The van der Waals surface area contributed by atoms with Crippen LogP contribution in [0.4, 0.5) is 14.5 Å². The molecule has 0 unspecified atom stereocenters. The lowest BCUT2D eigenvalue weighted by Gasteiger charge is -2.26. The Balaban J connectivity index is 1.86. The van der Waals surface area contributed by atoms with E-state index in [-0.39, 0.29) is 24.4 Å². The van der Waals surface area contributed by atoms with Crippen LogP contribution in [0.25, 0.3) is 17.1 Å². The third kappa shape index (κ3) is 3.23. The zero-order valence-corrected chi connectivity index (χ0v) is 12.7. The number of aromatic nitrogens is 2. The van der Waals surface area contributed by atoms with Gasteiger partial charge in [-0.3, -0.25) is 10.1 Å². The fraction of sp³-hybridized carbons (Fsp3) is 0.438. The maximum atomic E-state index is 13.2. The van der Waals surface area contributed by atoms with Crippen molar-refractivity contribution in [2.24, 2.45) is 13.0 Å². The highest BCUT2D eigenvalue weighted by Gasteiger charge is 2.33. The molecule has 0 aromatic carbocycles. The first kappa shape index (κ1) is 15.6. The van der Waals surface area contributed by atoms with Crippen molar-refractivity contribution in [2.75, 3.05) is 0 Å². The molecule has 23 heavy (non-hydrogen) atoms. The molecule has 0 radical (unpaired) electrons. The number of halogens is 2. The summed E-state index contributed by atoms with van der Waals surface area (Å²) in [5, 5.41) is 11.6. The van der Waals surface area contributed by atoms with E-state index in [0.717, 1.165) is 5.56 Å². The van der Waals surface area contributed by atoms with E-state index in [1.54, 1.807) is 4.57 Å². The minimum absolute atomic E-state index is 0.0596. The first-order valence-electron chi connectivity index (χ1n) is 7.51. The summed E-state index contributed by atoms with van der Waals surface area (Å²) in [4.78, 5) is 14.5. The molecular formula is C16H17F2N3O2. The van der Waals surface area contributed by atoms with Crippen LogP contribution in [0.3, 0.4) is 0 Å². The number of nitro groups is 1. The van der Waals surface area contributed by atoms with Gasteiger partial charge in [0, 0.05) is 43.1 Å². The van der Waals surface area contributed by atoms with Crippen LogP contribution in [0, 0.1) is 16.0 Å². The molecule has 0 amide bonds. The summed E-state index contributed by atoms with van der Waals surface area (Å²) in [6, 6.07) is 1.50. The van der Waals surface area contributed by atoms with Gasteiger partial charge in [0.1, 0.15) is 11.8 Å². The van der Waals surface area contributed by atoms with E-state index in [9.17, 15) is 18.9 Å². The van der Waals surface area contributed by atoms with E-state index in [2.05, 4.69) is 4.98 Å². The van der Waals surface area contributed by atoms with E-state index in [4.69, 9.17) is 0 Å². The lowest BCUT2D eigenvalue weighted by Crippen LogP contribution is -2.23. The van der Waals surface area contributed by atoms with Crippen LogP contribution in [-0.4, -0.2) is 20.4 Å². The number of nitrogens with zero attached hydrogens (tertiary/aromatic N) is 3. The van der Waals surface area contributed by atoms with Crippen molar-refractivity contribution in [2.45, 2.75) is 31.6 Å². The standard InChI is InChI=1S/C16H17F2N3O2/c1-20-10-12(3-2-11-4-6-16(17,18)7-5-11)14-8-13(21(22)23)9-19-15(14)20/h2-3,8-11H,4-7H2,1H3/b3-2+. The molecule has 1 aliphatic carbocycles. The number of rotatable bonds is 3. The highest BCUT2D eigenvalue weighted by molar-refractivity contribution is 5.88. The Morgan fingerprint density at radius 3 is 2.78 bits per heavy atom. The first-order valence-corrected chi connectivity index (χ1v) is 7.51. The van der Waals surface area contributed by atoms with Crippen molar-refractivity contribution in [1.29, 1.82) is 0 Å². The SMILES string of the molecule is Cn1cc(/C=C/C2CCC(F)(F)CC2)c2cc([N+](=O)[O-])cnc21. The molecule has 1 aliphatic rings. The molecule has 3 rings (SSSR count). The summed E-state index contributed by atoms with van der Waals surface area (Å²) >= 11 is 0. The zero-order valence-electron chi connectivity index (χ0n) is 12.7. The highest BCUT2D eigenvalue weighted by atomic mass is 19.3. The van der Waals surface area contributed by atoms with Gasteiger partial charge in [-0.05, 0) is 18.8 Å². The molecule has 0 bridgehead atoms. The maximum absolute atomic E-state index is 13.2. The minimum atomic E-state index is -2.53. The Bertz CT molecular complexity index is 773. The van der Waals surface area contributed by atoms with Crippen molar-refractivity contribution in [1.82, 2.24) is 9.55 Å². The van der Waals surface area contributed by atoms with Crippen LogP contribution < -0.4 is 0 Å². The van der Waals surface area contributed by atoms with Gasteiger partial charge in [-0.25, -0.2) is 13.8 Å². The van der Waals surface area contributed by atoms with Crippen LogP contribution in [0.1, 0.15) is 31.2 Å². The topological polar surface area (TPSA) is 61.0 Å². The predicted octanol–water partition coefficient (Wildman–Crippen LogP) is 4.32. The van der Waals surface area contributed by atoms with Gasteiger partial charge in [0.05, 0.1) is 4.92 Å². The van der Waals surface area contributed by atoms with Gasteiger partial charge in [0.2, 0.25) is 5.92 Å². The Labute approximate surface area is 131 Å². The summed E-state index contributed by atoms with van der Waals surface area (Å²) in [6.07, 6.45) is 7.65. The molecule has 0 aliphatic heterocycles. The average molecular weight is 321 g/mol. The Morgan fingerprint density at radius 2 is 2.13 bits per heavy atom. The number of fused-ring (bicyclic) bond motifs is 1. The second-order valence-electron chi connectivity index (χ2n) is 6.07. The number of alkyl halides is 2. The number of hydrogen-bond acceptors (Lipinski definition) is 3. The van der Waals surface area contributed by atoms with Crippen LogP contribution >= 0.6 is 0 Å². The quantitative estimate of drug-likeness (QED) is 0.625. The molecule has 2 aromatic heterocycles. The summed E-state index contributed by atoms with van der Waals surface area (Å²) in [7, 11) is 1.82. The van der Waals surface area contributed by atoms with E-state index in [1.165, 1.54) is 12.3 Å². The van der Waals surface area contributed by atoms with E-state index in [0.29, 0.717) is 23.9 Å². The summed E-state index contributed by atoms with van der Waals surface area (Å²) in [5.74, 6) is -2.41. The second kappa shape index (κ2) is 5.72. The Morgan fingerprint density at radius 1 is 1.43 bits per heavy atom. The Kier molecular flexibility index (Phi) is 3.87. The van der Waals surface area contributed by atoms with E-state index in [1.807, 2.05) is 25.4 Å². The van der Waals surface area contributed by atoms with Gasteiger partial charge in [0.15, 0.2) is 0 Å². The van der Waals surface area contributed by atoms with Gasteiger partial charge in [-0.1, -0.05) is 12.2 Å². The van der Waals surface area contributed by atoms with Gasteiger partial charge in [-0.15, -0.1) is 0 Å². The summed E-state index contributed by atoms with van der Waals surface area (Å²) in [5.41, 5.74) is 1.41. The molecule has 0 atom stereocenters. The maximum Gasteiger partial charge on any atom is 0.288 e. The molecule has 7 heteroatoms. The first-order chi connectivity index (χ1) is 10.9. The van der Waals surface area contributed by atoms with Gasteiger partial charge in [-0.2, -0.15) is 0 Å². The second-order valence-corrected chi connectivity index (χ2v) is 6.07. The van der Waals surface area contributed by atoms with Crippen LogP contribution in [0.15, 0.2) is 24.5 Å². The number of pyridine rings is 1. The summed E-state index contributed by atoms with van der Waals surface area (Å²) in [6.45, 7) is 0. The van der Waals surface area contributed by atoms with Crippen molar-refractivity contribution < 1.29 is 13.7 Å². The van der Waals surface area contributed by atoms with Crippen molar-refractivity contribution in [3.8, 4) is 0 Å². The zero-order chi connectivity index (χ0) is 16.6. The van der Waals surface area contributed by atoms with Crippen molar-refractivity contribution in [3.05, 3.63) is 40.2 Å². The molecule has 1 saturated carbocycles. The lowest BCUT2D eigenvalue weighted by atomic mass is 9.86. The molecule has 5 nitrogen and oxygen atoms in total. The van der Waals surface area contributed by atoms with E-state index < -0.39 is 10.8 Å². The van der Waals surface area contributed by atoms with Gasteiger partial charge in [0.25, 0.3) is 5.69 Å². The third-order valence-corrected chi connectivity index (χ3v) is 4.35. The fourth-order valence-electron chi connectivity index (χ4n) is 3.01. The molecule has 1 fully saturated rings. The molecule has 0 saturated heterocycles. The third-order valence-electron chi connectivity index (χ3n) is 4.35. The smallest absolute Gasteiger partial charge is 0.288 e. The van der Waals surface area contributed by atoms with Gasteiger partial charge < -0.3 is 4.57 Å². The van der Waals surface area contributed by atoms with Crippen molar-refractivity contribution in [3.63, 3.8) is 0 Å². The average Bonchev–Trinajstić information content (AvgIpc) is 2.82. The molecule has 2 aromatic rings. The minimum Gasteiger partial charge on any atom is -0.335 e. The number of allylic oxidation sites excluding steroid dienone is 1. The number of hydrogen-bond donors (Lipinski definition) is 0.